The van der Waals surface area contributed by atoms with Crippen LogP contribution in [0.25, 0.3) is 99.0 Å². The lowest BCUT2D eigenvalue weighted by Gasteiger charge is -2.20. The molecular weight excluding hydrogens is 713 g/mol. The number of benzene rings is 9. The largest absolute Gasteiger partial charge is 0.358 e. The molecule has 11 rings (SSSR count). The Morgan fingerprint density at radius 2 is 1.08 bits per heavy atom. The number of aromatic amines is 1. The van der Waals surface area contributed by atoms with Gasteiger partial charge in [-0.1, -0.05) is 179 Å². The molecule has 286 valence electrons. The van der Waals surface area contributed by atoms with Crippen molar-refractivity contribution in [3.63, 3.8) is 0 Å². The molecule has 0 atom stereocenters. The second kappa shape index (κ2) is 14.5. The van der Waals surface area contributed by atoms with Crippen LogP contribution in [0.15, 0.2) is 176 Å². The minimum atomic E-state index is 0.135. The molecule has 0 saturated carbocycles. The van der Waals surface area contributed by atoms with Gasteiger partial charge in [-0.15, -0.1) is 0 Å². The van der Waals surface area contributed by atoms with Crippen LogP contribution < -0.4 is 0 Å². The quantitative estimate of drug-likeness (QED) is 0.169. The maximum atomic E-state index is 3.38. The van der Waals surface area contributed by atoms with Crippen LogP contribution in [-0.4, -0.2) is 9.55 Å². The Hall–Kier alpha value is -6.90. The average molecular weight is 761 g/mol. The molecule has 0 aliphatic carbocycles. The van der Waals surface area contributed by atoms with Crippen LogP contribution in [0.5, 0.6) is 0 Å². The van der Waals surface area contributed by atoms with Crippen LogP contribution in [0.4, 0.5) is 0 Å². The van der Waals surface area contributed by atoms with E-state index in [1.807, 2.05) is 0 Å². The van der Waals surface area contributed by atoms with Crippen LogP contribution in [0.3, 0.4) is 0 Å². The van der Waals surface area contributed by atoms with Gasteiger partial charge in [0.25, 0.3) is 0 Å². The number of rotatable bonds is 5. The summed E-state index contributed by atoms with van der Waals surface area (Å²) >= 11 is 0. The van der Waals surface area contributed by atoms with E-state index in [1.54, 1.807) is 0 Å². The van der Waals surface area contributed by atoms with E-state index < -0.39 is 0 Å². The molecule has 2 heterocycles. The molecule has 2 aromatic heterocycles. The third-order valence-electron chi connectivity index (χ3n) is 12.2. The van der Waals surface area contributed by atoms with E-state index >= 15 is 0 Å². The van der Waals surface area contributed by atoms with Gasteiger partial charge in [0.15, 0.2) is 0 Å². The zero-order valence-electron chi connectivity index (χ0n) is 34.5. The minimum Gasteiger partial charge on any atom is -0.358 e. The fourth-order valence-electron chi connectivity index (χ4n) is 9.22. The SMILES string of the molecule is CC(C)(C)c1ccc(-c2ccc3ccc4c(-c5cccc(-n6c7ccccc7c7ccccc76)c5)ccc5ccc2c3c54)cc1.CC/C=C\c1c(C)[nH]c2ccccc12. The van der Waals surface area contributed by atoms with Crippen molar-refractivity contribution in [3.8, 4) is 27.9 Å². The van der Waals surface area contributed by atoms with Crippen molar-refractivity contribution in [1.82, 2.24) is 9.55 Å². The number of hydrogen-bond donors (Lipinski definition) is 1. The Bertz CT molecular complexity index is 3290. The summed E-state index contributed by atoms with van der Waals surface area (Å²) in [5, 5.41) is 11.8. The van der Waals surface area contributed by atoms with Crippen molar-refractivity contribution < 1.29 is 0 Å². The third kappa shape index (κ3) is 6.28. The van der Waals surface area contributed by atoms with Crippen molar-refractivity contribution in [2.24, 2.45) is 0 Å². The molecule has 0 bridgehead atoms. The lowest BCUT2D eigenvalue weighted by Crippen LogP contribution is -2.10. The van der Waals surface area contributed by atoms with E-state index in [1.165, 1.54) is 110 Å². The maximum absolute atomic E-state index is 3.38. The zero-order valence-corrected chi connectivity index (χ0v) is 34.5. The number of allylic oxidation sites excluding steroid dienone is 1. The van der Waals surface area contributed by atoms with Gasteiger partial charge in [-0.05, 0) is 109 Å². The van der Waals surface area contributed by atoms with Gasteiger partial charge < -0.3 is 9.55 Å². The normalized spacial score (nSPS) is 12.2. The third-order valence-corrected chi connectivity index (χ3v) is 12.2. The predicted molar refractivity (Wildman–Crippen MR) is 256 cm³/mol. The summed E-state index contributed by atoms with van der Waals surface area (Å²) in [6.45, 7) is 11.1. The van der Waals surface area contributed by atoms with E-state index in [-0.39, 0.29) is 5.41 Å². The van der Waals surface area contributed by atoms with Crippen LogP contribution in [-0.2, 0) is 5.41 Å². The first kappa shape index (κ1) is 36.4. The summed E-state index contributed by atoms with van der Waals surface area (Å²) in [6, 6.07) is 62.5. The van der Waals surface area contributed by atoms with Gasteiger partial charge in [0, 0.05) is 38.6 Å². The van der Waals surface area contributed by atoms with E-state index in [4.69, 9.17) is 0 Å². The van der Waals surface area contributed by atoms with Gasteiger partial charge >= 0.3 is 0 Å². The summed E-state index contributed by atoms with van der Waals surface area (Å²) in [4.78, 5) is 3.38. The number of para-hydroxylation sites is 3. The lowest BCUT2D eigenvalue weighted by molar-refractivity contribution is 0.590. The maximum Gasteiger partial charge on any atom is 0.0541 e. The molecule has 0 aliphatic heterocycles. The molecule has 9 aromatic carbocycles. The Morgan fingerprint density at radius 3 is 1.69 bits per heavy atom. The summed E-state index contributed by atoms with van der Waals surface area (Å²) in [6.07, 6.45) is 5.48. The van der Waals surface area contributed by atoms with E-state index in [9.17, 15) is 0 Å². The van der Waals surface area contributed by atoms with Gasteiger partial charge in [-0.2, -0.15) is 0 Å². The van der Waals surface area contributed by atoms with Crippen molar-refractivity contribution in [3.05, 3.63) is 193 Å². The van der Waals surface area contributed by atoms with Gasteiger partial charge in [0.1, 0.15) is 0 Å². The molecule has 1 N–H and O–H groups in total. The smallest absolute Gasteiger partial charge is 0.0541 e. The van der Waals surface area contributed by atoms with E-state index in [0.29, 0.717) is 0 Å². The molecule has 2 nitrogen and oxygen atoms in total. The summed E-state index contributed by atoms with van der Waals surface area (Å²) in [5.74, 6) is 0. The van der Waals surface area contributed by atoms with Gasteiger partial charge in [0.05, 0.1) is 11.0 Å². The summed E-state index contributed by atoms with van der Waals surface area (Å²) in [5.41, 5.74) is 14.0. The Kier molecular flexibility index (Phi) is 8.95. The number of nitrogens with one attached hydrogen (secondary N) is 1. The number of fused-ring (bicyclic) bond motifs is 4. The summed E-state index contributed by atoms with van der Waals surface area (Å²) in [7, 11) is 0. The predicted octanol–water partition coefficient (Wildman–Crippen LogP) is 16.2. The minimum absolute atomic E-state index is 0.135. The zero-order chi connectivity index (χ0) is 40.3. The fourth-order valence-corrected chi connectivity index (χ4v) is 9.22. The molecule has 0 saturated heterocycles. The van der Waals surface area contributed by atoms with Crippen molar-refractivity contribution in [2.75, 3.05) is 0 Å². The number of hydrogen-bond acceptors (Lipinski definition) is 0. The first-order valence-electron chi connectivity index (χ1n) is 20.9. The number of nitrogens with zero attached hydrogens (tertiary/aromatic N) is 1. The fraction of sp³-hybridized carbons (Fsp3) is 0.123. The van der Waals surface area contributed by atoms with E-state index in [2.05, 4.69) is 226 Å². The number of H-pyrrole nitrogens is 1. The molecule has 2 heteroatoms. The Labute approximate surface area is 346 Å². The van der Waals surface area contributed by atoms with Crippen molar-refractivity contribution in [1.29, 1.82) is 0 Å². The molecule has 0 amide bonds. The molecule has 0 unspecified atom stereocenters. The summed E-state index contributed by atoms with van der Waals surface area (Å²) < 4.78 is 2.40. The average Bonchev–Trinajstić information content (AvgIpc) is 3.78. The van der Waals surface area contributed by atoms with Gasteiger partial charge in [-0.25, -0.2) is 0 Å². The first-order valence-corrected chi connectivity index (χ1v) is 20.9. The Morgan fingerprint density at radius 1 is 0.525 bits per heavy atom. The first-order chi connectivity index (χ1) is 28.8. The van der Waals surface area contributed by atoms with E-state index in [0.717, 1.165) is 6.42 Å². The molecular formula is C57H48N2. The highest BCUT2D eigenvalue weighted by atomic mass is 15.0. The lowest BCUT2D eigenvalue weighted by atomic mass is 9.85. The van der Waals surface area contributed by atoms with Crippen LogP contribution in [0.2, 0.25) is 0 Å². The van der Waals surface area contributed by atoms with Gasteiger partial charge in [-0.3, -0.25) is 0 Å². The molecule has 11 aromatic rings. The van der Waals surface area contributed by atoms with Crippen molar-refractivity contribution in [2.45, 2.75) is 46.5 Å². The Balaban J connectivity index is 0.000000255. The van der Waals surface area contributed by atoms with Crippen LogP contribution >= 0.6 is 0 Å². The number of aryl methyl sites for hydroxylation is 1. The topological polar surface area (TPSA) is 20.7 Å². The standard InChI is InChI=1S/C44H33N.C13H15N/c1-44(2,3)32-21-15-28(16-22-32)34-23-17-29-20-26-39-35(24-18-30-19-25-38(34)42(29)43(30)39)31-9-8-10-33(27-31)45-40-13-6-4-11-36(40)37-12-5-7-14-41(37)45;1-3-4-7-11-10(2)14-13-9-6-5-8-12(11)13/h4-27H,1-3H3;4-9,14H,3H2,1-2H3/b;7-4-. The van der Waals surface area contributed by atoms with Crippen LogP contribution in [0, 0.1) is 6.92 Å². The molecule has 0 spiro atoms. The van der Waals surface area contributed by atoms with Crippen LogP contribution in [0.1, 0.15) is 50.9 Å². The monoisotopic (exact) mass is 760 g/mol. The highest BCUT2D eigenvalue weighted by molar-refractivity contribution is 6.27. The van der Waals surface area contributed by atoms with Gasteiger partial charge in [0.2, 0.25) is 0 Å². The highest BCUT2D eigenvalue weighted by Crippen LogP contribution is 2.43. The number of aromatic nitrogens is 2. The molecule has 0 radical (unpaired) electrons. The van der Waals surface area contributed by atoms with Crippen molar-refractivity contribution >= 4 is 71.1 Å². The second-order valence-corrected chi connectivity index (χ2v) is 16.9. The molecule has 59 heavy (non-hydrogen) atoms. The second-order valence-electron chi connectivity index (χ2n) is 16.9. The molecule has 0 aliphatic rings. The highest BCUT2D eigenvalue weighted by Gasteiger charge is 2.18. The molecule has 0 fully saturated rings.